The molecule has 2 aromatic rings. The van der Waals surface area contributed by atoms with Gasteiger partial charge in [-0.2, -0.15) is 5.10 Å². The number of rotatable bonds is 5. The molecule has 110 valence electrons. The van der Waals surface area contributed by atoms with Crippen molar-refractivity contribution < 1.29 is 14.6 Å². The number of aryl methyl sites for hydroxylation is 1. The summed E-state index contributed by atoms with van der Waals surface area (Å²) in [6.07, 6.45) is 6.41. The molecular formula is C15H17N3O3. The summed E-state index contributed by atoms with van der Waals surface area (Å²) in [4.78, 5) is 11.8. The number of aromatic nitrogens is 2. The first-order chi connectivity index (χ1) is 10.1. The van der Waals surface area contributed by atoms with Crippen molar-refractivity contribution in [2.75, 3.05) is 12.4 Å². The Kier molecular flexibility index (Phi) is 4.61. The third-order valence-corrected chi connectivity index (χ3v) is 2.86. The summed E-state index contributed by atoms with van der Waals surface area (Å²) >= 11 is 0. The molecule has 0 unspecified atom stereocenters. The Morgan fingerprint density at radius 1 is 1.52 bits per heavy atom. The number of nitrogens with one attached hydrogen (secondary N) is 1. The zero-order valence-electron chi connectivity index (χ0n) is 11.9. The van der Waals surface area contributed by atoms with Gasteiger partial charge in [-0.1, -0.05) is 6.07 Å². The molecule has 1 aromatic carbocycles. The number of amides is 1. The number of phenols is 1. The highest BCUT2D eigenvalue weighted by Gasteiger charge is 2.03. The van der Waals surface area contributed by atoms with Gasteiger partial charge < -0.3 is 15.2 Å². The molecule has 1 amide bonds. The zero-order chi connectivity index (χ0) is 15.2. The Morgan fingerprint density at radius 3 is 3.00 bits per heavy atom. The lowest BCUT2D eigenvalue weighted by Gasteiger charge is -2.03. The van der Waals surface area contributed by atoms with Crippen LogP contribution in [-0.2, 0) is 11.3 Å². The quantitative estimate of drug-likeness (QED) is 0.827. The maximum Gasteiger partial charge on any atom is 0.248 e. The predicted octanol–water partition coefficient (Wildman–Crippen LogP) is 2.27. The van der Waals surface area contributed by atoms with Gasteiger partial charge in [-0.25, -0.2) is 0 Å². The minimum Gasteiger partial charge on any atom is -0.504 e. The summed E-state index contributed by atoms with van der Waals surface area (Å²) in [6.45, 7) is 2.72. The van der Waals surface area contributed by atoms with E-state index in [-0.39, 0.29) is 11.7 Å². The van der Waals surface area contributed by atoms with Gasteiger partial charge in [-0.3, -0.25) is 9.48 Å². The normalized spacial score (nSPS) is 10.8. The van der Waals surface area contributed by atoms with E-state index >= 15 is 0 Å². The fourth-order valence-corrected chi connectivity index (χ4v) is 1.75. The second kappa shape index (κ2) is 6.60. The number of nitrogens with zero attached hydrogens (tertiary/aromatic N) is 2. The second-order valence-electron chi connectivity index (χ2n) is 4.34. The third-order valence-electron chi connectivity index (χ3n) is 2.86. The first kappa shape index (κ1) is 14.6. The number of carbonyl (C=O) groups excluding carboxylic acids is 1. The number of phenolic OH excluding ortho intramolecular Hbond substituents is 1. The fraction of sp³-hybridized carbons (Fsp3) is 0.200. The molecule has 2 N–H and O–H groups in total. The van der Waals surface area contributed by atoms with Crippen molar-refractivity contribution in [2.45, 2.75) is 13.5 Å². The van der Waals surface area contributed by atoms with E-state index < -0.39 is 0 Å². The summed E-state index contributed by atoms with van der Waals surface area (Å²) in [5.41, 5.74) is 1.40. The highest BCUT2D eigenvalue weighted by molar-refractivity contribution is 6.01. The standard InChI is InChI=1S/C15H17N3O3/c1-3-18-10-12(9-16-18)17-15(20)7-5-11-4-6-13(19)14(8-11)21-2/h4-10,19H,3H2,1-2H3,(H,17,20)/b7-5+. The Labute approximate surface area is 122 Å². The van der Waals surface area contributed by atoms with Crippen molar-refractivity contribution in [2.24, 2.45) is 0 Å². The first-order valence-electron chi connectivity index (χ1n) is 6.51. The molecule has 6 nitrogen and oxygen atoms in total. The van der Waals surface area contributed by atoms with Crippen molar-refractivity contribution in [3.8, 4) is 11.5 Å². The number of anilines is 1. The maximum absolute atomic E-state index is 11.8. The van der Waals surface area contributed by atoms with E-state index in [0.717, 1.165) is 12.1 Å². The van der Waals surface area contributed by atoms with Crippen LogP contribution in [0.15, 0.2) is 36.7 Å². The van der Waals surface area contributed by atoms with E-state index in [2.05, 4.69) is 10.4 Å². The van der Waals surface area contributed by atoms with Crippen LogP contribution in [0.5, 0.6) is 11.5 Å². The molecular weight excluding hydrogens is 270 g/mol. The Morgan fingerprint density at radius 2 is 2.33 bits per heavy atom. The maximum atomic E-state index is 11.8. The number of hydrogen-bond donors (Lipinski definition) is 2. The lowest BCUT2D eigenvalue weighted by molar-refractivity contribution is -0.111. The van der Waals surface area contributed by atoms with E-state index in [0.29, 0.717) is 11.4 Å². The SMILES string of the molecule is CCn1cc(NC(=O)/C=C/c2ccc(O)c(OC)c2)cn1. The molecule has 2 rings (SSSR count). The molecule has 0 atom stereocenters. The van der Waals surface area contributed by atoms with Gasteiger partial charge in [0, 0.05) is 18.8 Å². The molecule has 6 heteroatoms. The number of aromatic hydroxyl groups is 1. The lowest BCUT2D eigenvalue weighted by Crippen LogP contribution is -2.06. The van der Waals surface area contributed by atoms with Crippen molar-refractivity contribution in [3.63, 3.8) is 0 Å². The molecule has 0 bridgehead atoms. The number of benzene rings is 1. The Hall–Kier alpha value is -2.76. The van der Waals surface area contributed by atoms with E-state index in [9.17, 15) is 9.90 Å². The van der Waals surface area contributed by atoms with Crippen LogP contribution < -0.4 is 10.1 Å². The summed E-state index contributed by atoms with van der Waals surface area (Å²) in [5.74, 6) is 0.172. The average molecular weight is 287 g/mol. The van der Waals surface area contributed by atoms with Crippen LogP contribution in [0.25, 0.3) is 6.08 Å². The van der Waals surface area contributed by atoms with E-state index in [1.165, 1.54) is 19.3 Å². The van der Waals surface area contributed by atoms with Crippen LogP contribution in [-0.4, -0.2) is 27.9 Å². The van der Waals surface area contributed by atoms with Gasteiger partial charge in [-0.15, -0.1) is 0 Å². The van der Waals surface area contributed by atoms with Crippen molar-refractivity contribution >= 4 is 17.7 Å². The molecule has 0 saturated carbocycles. The number of methoxy groups -OCH3 is 1. The first-order valence-corrected chi connectivity index (χ1v) is 6.51. The summed E-state index contributed by atoms with van der Waals surface area (Å²) in [5, 5.41) is 16.3. The van der Waals surface area contributed by atoms with Crippen LogP contribution in [0.2, 0.25) is 0 Å². The number of ether oxygens (including phenoxy) is 1. The van der Waals surface area contributed by atoms with Crippen LogP contribution in [0, 0.1) is 0 Å². The van der Waals surface area contributed by atoms with Crippen LogP contribution in [0.3, 0.4) is 0 Å². The molecule has 0 saturated heterocycles. The highest BCUT2D eigenvalue weighted by Crippen LogP contribution is 2.26. The second-order valence-corrected chi connectivity index (χ2v) is 4.34. The fourth-order valence-electron chi connectivity index (χ4n) is 1.75. The van der Waals surface area contributed by atoms with E-state index in [1.807, 2.05) is 6.92 Å². The molecule has 0 aliphatic carbocycles. The van der Waals surface area contributed by atoms with Gasteiger partial charge in [0.1, 0.15) is 0 Å². The Bertz CT molecular complexity index is 662. The monoisotopic (exact) mass is 287 g/mol. The zero-order valence-corrected chi connectivity index (χ0v) is 11.9. The molecule has 0 aliphatic rings. The van der Waals surface area contributed by atoms with Crippen molar-refractivity contribution in [3.05, 3.63) is 42.2 Å². The highest BCUT2D eigenvalue weighted by atomic mass is 16.5. The summed E-state index contributed by atoms with van der Waals surface area (Å²) in [6, 6.07) is 4.85. The molecule has 1 aromatic heterocycles. The predicted molar refractivity (Wildman–Crippen MR) is 80.2 cm³/mol. The minimum absolute atomic E-state index is 0.0612. The summed E-state index contributed by atoms with van der Waals surface area (Å²) in [7, 11) is 1.47. The van der Waals surface area contributed by atoms with Crippen LogP contribution in [0.4, 0.5) is 5.69 Å². The van der Waals surface area contributed by atoms with Crippen LogP contribution in [0.1, 0.15) is 12.5 Å². The van der Waals surface area contributed by atoms with E-state index in [1.54, 1.807) is 35.3 Å². The number of carbonyl (C=O) groups is 1. The third kappa shape index (κ3) is 3.85. The van der Waals surface area contributed by atoms with Crippen LogP contribution >= 0.6 is 0 Å². The van der Waals surface area contributed by atoms with Crippen molar-refractivity contribution in [1.29, 1.82) is 0 Å². The molecule has 0 spiro atoms. The summed E-state index contributed by atoms with van der Waals surface area (Å²) < 4.78 is 6.73. The van der Waals surface area contributed by atoms with Gasteiger partial charge in [-0.05, 0) is 30.7 Å². The van der Waals surface area contributed by atoms with Gasteiger partial charge in [0.15, 0.2) is 11.5 Å². The smallest absolute Gasteiger partial charge is 0.248 e. The molecule has 0 aliphatic heterocycles. The van der Waals surface area contributed by atoms with E-state index in [4.69, 9.17) is 4.74 Å². The van der Waals surface area contributed by atoms with Gasteiger partial charge in [0.25, 0.3) is 0 Å². The topological polar surface area (TPSA) is 76.4 Å². The largest absolute Gasteiger partial charge is 0.504 e. The molecule has 0 radical (unpaired) electrons. The van der Waals surface area contributed by atoms with Gasteiger partial charge in [0.2, 0.25) is 5.91 Å². The average Bonchev–Trinajstić information content (AvgIpc) is 2.94. The molecule has 21 heavy (non-hydrogen) atoms. The number of hydrogen-bond acceptors (Lipinski definition) is 4. The molecule has 0 fully saturated rings. The Balaban J connectivity index is 2.01. The molecule has 1 heterocycles. The van der Waals surface area contributed by atoms with Crippen molar-refractivity contribution in [1.82, 2.24) is 9.78 Å². The van der Waals surface area contributed by atoms with Gasteiger partial charge in [0.05, 0.1) is 19.0 Å². The lowest BCUT2D eigenvalue weighted by atomic mass is 10.2. The van der Waals surface area contributed by atoms with Gasteiger partial charge >= 0.3 is 0 Å². The minimum atomic E-state index is -0.252.